The molecule has 0 unspecified atom stereocenters. The first-order valence-corrected chi connectivity index (χ1v) is 6.63. The fraction of sp³-hybridized carbons (Fsp3) is 0.571. The van der Waals surface area contributed by atoms with E-state index in [-0.39, 0.29) is 16.7 Å². The molecule has 0 aliphatic carbocycles. The van der Waals surface area contributed by atoms with E-state index in [1.807, 2.05) is 0 Å². The van der Waals surface area contributed by atoms with Crippen LogP contribution in [0, 0.1) is 0 Å². The van der Waals surface area contributed by atoms with Crippen LogP contribution in [-0.2, 0) is 10.0 Å². The number of aromatic nitrogens is 2. The number of alkyl halides is 2. The maximum absolute atomic E-state index is 11.7. The molecule has 0 aliphatic rings. The molecular weight excluding hydrogens is 261 g/mol. The van der Waals surface area contributed by atoms with Crippen LogP contribution in [0.2, 0.25) is 0 Å². The fourth-order valence-electron chi connectivity index (χ4n) is 0.860. The van der Waals surface area contributed by atoms with Crippen molar-refractivity contribution in [3.63, 3.8) is 0 Å². The quantitative estimate of drug-likeness (QED) is 0.783. The van der Waals surface area contributed by atoms with Gasteiger partial charge < -0.3 is 0 Å². The van der Waals surface area contributed by atoms with Gasteiger partial charge in [-0.15, -0.1) is 23.2 Å². The number of hydrogen-bond donors (Lipinski definition) is 2. The van der Waals surface area contributed by atoms with Crippen molar-refractivity contribution < 1.29 is 8.42 Å². The molecule has 1 aromatic rings. The number of nitrogens with zero attached hydrogens (tertiary/aromatic N) is 1. The molecule has 0 aromatic carbocycles. The summed E-state index contributed by atoms with van der Waals surface area (Å²) in [5.41, 5.74) is -0.862. The Morgan fingerprint density at radius 3 is 2.53 bits per heavy atom. The van der Waals surface area contributed by atoms with Crippen molar-refractivity contribution in [2.75, 3.05) is 11.8 Å². The van der Waals surface area contributed by atoms with Gasteiger partial charge >= 0.3 is 0 Å². The zero-order chi connectivity index (χ0) is 11.5. The third kappa shape index (κ3) is 3.07. The molecule has 2 N–H and O–H groups in total. The van der Waals surface area contributed by atoms with Crippen LogP contribution in [0.5, 0.6) is 0 Å². The highest BCUT2D eigenvalue weighted by atomic mass is 35.5. The summed E-state index contributed by atoms with van der Waals surface area (Å²) in [4.78, 5) is 0.0592. The average Bonchev–Trinajstić information content (AvgIpc) is 2.70. The minimum Gasteiger partial charge on any atom is -0.284 e. The molecule has 8 heteroatoms. The maximum atomic E-state index is 11.7. The van der Waals surface area contributed by atoms with Crippen LogP contribution in [-0.4, -0.2) is 35.9 Å². The molecule has 1 rings (SSSR count). The molecule has 15 heavy (non-hydrogen) atoms. The lowest BCUT2D eigenvalue weighted by atomic mass is 10.1. The van der Waals surface area contributed by atoms with Gasteiger partial charge in [0.15, 0.2) is 0 Å². The topological polar surface area (TPSA) is 74.8 Å². The molecule has 1 heterocycles. The molecule has 86 valence electrons. The van der Waals surface area contributed by atoms with E-state index in [1.54, 1.807) is 6.92 Å². The summed E-state index contributed by atoms with van der Waals surface area (Å²) in [6, 6.07) is 0. The van der Waals surface area contributed by atoms with Gasteiger partial charge in [0.25, 0.3) is 0 Å². The standard InChI is InChI=1S/C7H11Cl2N3O2S/c1-7(4-8,5-9)12-15(13,14)6-2-10-11-3-6/h2-3,12H,4-5H2,1H3,(H,10,11). The second-order valence-electron chi connectivity index (χ2n) is 3.37. The van der Waals surface area contributed by atoms with Crippen LogP contribution in [0.25, 0.3) is 0 Å². The van der Waals surface area contributed by atoms with Crippen molar-refractivity contribution in [2.24, 2.45) is 0 Å². The predicted octanol–water partition coefficient (Wildman–Crippen LogP) is 0.924. The third-order valence-electron chi connectivity index (χ3n) is 1.75. The molecule has 0 amide bonds. The SMILES string of the molecule is CC(CCl)(CCl)NS(=O)(=O)c1cn[nH]c1. The van der Waals surface area contributed by atoms with Gasteiger partial charge in [-0.1, -0.05) is 0 Å². The summed E-state index contributed by atoms with van der Waals surface area (Å²) in [5.74, 6) is 0.182. The molecule has 0 atom stereocenters. The van der Waals surface area contributed by atoms with Gasteiger partial charge in [-0.2, -0.15) is 5.10 Å². The van der Waals surface area contributed by atoms with E-state index in [9.17, 15) is 8.42 Å². The molecule has 0 spiro atoms. The van der Waals surface area contributed by atoms with Gasteiger partial charge in [-0.3, -0.25) is 5.10 Å². The Labute approximate surface area is 98.2 Å². The molecule has 0 aliphatic heterocycles. The molecule has 0 saturated carbocycles. The smallest absolute Gasteiger partial charge is 0.244 e. The fourth-order valence-corrected chi connectivity index (χ4v) is 2.75. The molecule has 0 saturated heterocycles. The largest absolute Gasteiger partial charge is 0.284 e. The summed E-state index contributed by atoms with van der Waals surface area (Å²) in [7, 11) is -3.61. The summed E-state index contributed by atoms with van der Waals surface area (Å²) < 4.78 is 25.9. The molecule has 0 radical (unpaired) electrons. The van der Waals surface area contributed by atoms with Crippen molar-refractivity contribution >= 4 is 33.2 Å². The molecule has 0 bridgehead atoms. The molecule has 0 fully saturated rings. The van der Waals surface area contributed by atoms with Gasteiger partial charge in [-0.05, 0) is 6.92 Å². The second-order valence-corrected chi connectivity index (χ2v) is 5.58. The van der Waals surface area contributed by atoms with E-state index in [1.165, 1.54) is 12.4 Å². The molecule has 1 aromatic heterocycles. The summed E-state index contributed by atoms with van der Waals surface area (Å²) in [6.45, 7) is 1.63. The monoisotopic (exact) mass is 271 g/mol. The number of rotatable bonds is 5. The Kier molecular flexibility index (Phi) is 3.99. The van der Waals surface area contributed by atoms with Gasteiger partial charge in [-0.25, -0.2) is 13.1 Å². The van der Waals surface area contributed by atoms with Gasteiger partial charge in [0.05, 0.1) is 11.7 Å². The second kappa shape index (κ2) is 4.69. The van der Waals surface area contributed by atoms with Gasteiger partial charge in [0.2, 0.25) is 10.0 Å². The first-order valence-electron chi connectivity index (χ1n) is 4.08. The van der Waals surface area contributed by atoms with Gasteiger partial charge in [0.1, 0.15) is 4.90 Å². The van der Waals surface area contributed by atoms with Crippen LogP contribution in [0.15, 0.2) is 17.3 Å². The van der Waals surface area contributed by atoms with Crippen LogP contribution in [0.1, 0.15) is 6.92 Å². The normalized spacial score (nSPS) is 13.0. The van der Waals surface area contributed by atoms with Gasteiger partial charge in [0, 0.05) is 18.0 Å². The minimum absolute atomic E-state index is 0.0592. The lowest BCUT2D eigenvalue weighted by Crippen LogP contribution is -2.48. The first-order chi connectivity index (χ1) is 6.93. The van der Waals surface area contributed by atoms with E-state index in [0.717, 1.165) is 0 Å². The third-order valence-corrected chi connectivity index (χ3v) is 4.54. The highest BCUT2D eigenvalue weighted by molar-refractivity contribution is 7.89. The van der Waals surface area contributed by atoms with E-state index in [2.05, 4.69) is 14.9 Å². The van der Waals surface area contributed by atoms with Crippen molar-refractivity contribution in [3.05, 3.63) is 12.4 Å². The van der Waals surface area contributed by atoms with Crippen molar-refractivity contribution in [1.29, 1.82) is 0 Å². The van der Waals surface area contributed by atoms with Crippen molar-refractivity contribution in [3.8, 4) is 0 Å². The number of H-pyrrole nitrogens is 1. The van der Waals surface area contributed by atoms with Crippen LogP contribution < -0.4 is 4.72 Å². The first kappa shape index (κ1) is 12.8. The Morgan fingerprint density at radius 2 is 2.13 bits per heavy atom. The lowest BCUT2D eigenvalue weighted by Gasteiger charge is -2.24. The Bertz CT molecular complexity index is 400. The highest BCUT2D eigenvalue weighted by Crippen LogP contribution is 2.14. The molecular formula is C7H11Cl2N3O2S. The summed E-state index contributed by atoms with van der Waals surface area (Å²) >= 11 is 11.3. The average molecular weight is 272 g/mol. The van der Waals surface area contributed by atoms with Crippen LogP contribution in [0.3, 0.4) is 0 Å². The Morgan fingerprint density at radius 1 is 1.53 bits per heavy atom. The number of halogens is 2. The minimum atomic E-state index is -3.61. The number of sulfonamides is 1. The van der Waals surface area contributed by atoms with E-state index in [0.29, 0.717) is 0 Å². The zero-order valence-electron chi connectivity index (χ0n) is 8.00. The van der Waals surface area contributed by atoms with Crippen molar-refractivity contribution in [2.45, 2.75) is 17.4 Å². The van der Waals surface area contributed by atoms with Crippen LogP contribution >= 0.6 is 23.2 Å². The Hall–Kier alpha value is -0.300. The van der Waals surface area contributed by atoms with E-state index >= 15 is 0 Å². The highest BCUT2D eigenvalue weighted by Gasteiger charge is 2.29. The van der Waals surface area contributed by atoms with E-state index < -0.39 is 15.6 Å². The lowest BCUT2D eigenvalue weighted by molar-refractivity contribution is 0.500. The zero-order valence-corrected chi connectivity index (χ0v) is 10.3. The van der Waals surface area contributed by atoms with E-state index in [4.69, 9.17) is 23.2 Å². The Balaban J connectivity index is 2.91. The maximum Gasteiger partial charge on any atom is 0.244 e. The number of hydrogen-bond acceptors (Lipinski definition) is 3. The van der Waals surface area contributed by atoms with Crippen molar-refractivity contribution in [1.82, 2.24) is 14.9 Å². The van der Waals surface area contributed by atoms with Crippen LogP contribution in [0.4, 0.5) is 0 Å². The number of nitrogens with one attached hydrogen (secondary N) is 2. The summed E-state index contributed by atoms with van der Waals surface area (Å²) in [5, 5.41) is 5.98. The summed E-state index contributed by atoms with van der Waals surface area (Å²) in [6.07, 6.45) is 2.50. The molecule has 5 nitrogen and oxygen atoms in total. The predicted molar refractivity (Wildman–Crippen MR) is 58.8 cm³/mol. The number of aromatic amines is 1.